The maximum atomic E-state index is 11.7. The third kappa shape index (κ3) is 3.91. The van der Waals surface area contributed by atoms with Crippen molar-refractivity contribution in [3.63, 3.8) is 0 Å². The van der Waals surface area contributed by atoms with Crippen LogP contribution in [-0.4, -0.2) is 41.2 Å². The highest BCUT2D eigenvalue weighted by Crippen LogP contribution is 2.14. The molecule has 19 heavy (non-hydrogen) atoms. The van der Waals surface area contributed by atoms with Crippen LogP contribution in [-0.2, 0) is 6.54 Å². The summed E-state index contributed by atoms with van der Waals surface area (Å²) < 4.78 is 1.79. The van der Waals surface area contributed by atoms with E-state index in [9.17, 15) is 4.79 Å². The van der Waals surface area contributed by atoms with Crippen molar-refractivity contribution in [3.05, 3.63) is 34.7 Å². The monoisotopic (exact) mass is 263 g/mol. The number of nitrogens with one attached hydrogen (secondary N) is 1. The number of pyridine rings is 1. The van der Waals surface area contributed by atoms with Crippen molar-refractivity contribution < 1.29 is 0 Å². The summed E-state index contributed by atoms with van der Waals surface area (Å²) in [7, 11) is 0. The first kappa shape index (κ1) is 14.3. The third-order valence-corrected chi connectivity index (χ3v) is 4.11. The zero-order valence-corrected chi connectivity index (χ0v) is 12.1. The number of rotatable bonds is 4. The molecule has 0 radical (unpaired) electrons. The van der Waals surface area contributed by atoms with Crippen molar-refractivity contribution in [1.29, 1.82) is 0 Å². The second-order valence-corrected chi connectivity index (χ2v) is 5.70. The van der Waals surface area contributed by atoms with Crippen LogP contribution in [0.1, 0.15) is 26.7 Å². The lowest BCUT2D eigenvalue weighted by molar-refractivity contribution is 0.208. The fourth-order valence-electron chi connectivity index (χ4n) is 2.64. The number of aromatic nitrogens is 1. The first-order valence-corrected chi connectivity index (χ1v) is 7.26. The first-order chi connectivity index (χ1) is 9.13. The van der Waals surface area contributed by atoms with E-state index in [2.05, 4.69) is 24.1 Å². The molecule has 0 saturated carbocycles. The molecule has 106 valence electrons. The smallest absolute Gasteiger partial charge is 0.250 e. The molecular formula is C15H25N3O. The van der Waals surface area contributed by atoms with Gasteiger partial charge >= 0.3 is 0 Å². The number of nitrogens with zero attached hydrogens (tertiary/aromatic N) is 2. The summed E-state index contributed by atoms with van der Waals surface area (Å²) in [5.74, 6) is 0. The molecule has 1 saturated heterocycles. The van der Waals surface area contributed by atoms with Crippen molar-refractivity contribution in [3.8, 4) is 0 Å². The maximum Gasteiger partial charge on any atom is 0.250 e. The molecule has 0 bridgehead atoms. The fraction of sp³-hybridized carbons (Fsp3) is 0.667. The lowest BCUT2D eigenvalue weighted by atomic mass is 9.99. The molecule has 0 aliphatic carbocycles. The molecule has 1 N–H and O–H groups in total. The fourth-order valence-corrected chi connectivity index (χ4v) is 2.64. The van der Waals surface area contributed by atoms with Crippen molar-refractivity contribution >= 4 is 0 Å². The molecule has 0 aromatic carbocycles. The Labute approximate surface area is 115 Å². The minimum Gasteiger partial charge on any atom is -0.314 e. The van der Waals surface area contributed by atoms with E-state index in [0.717, 1.165) is 39.1 Å². The van der Waals surface area contributed by atoms with E-state index in [1.165, 1.54) is 6.42 Å². The average molecular weight is 263 g/mol. The van der Waals surface area contributed by atoms with Gasteiger partial charge < -0.3 is 9.88 Å². The molecule has 0 amide bonds. The van der Waals surface area contributed by atoms with Crippen molar-refractivity contribution in [2.45, 2.75) is 38.8 Å². The van der Waals surface area contributed by atoms with Crippen LogP contribution in [0.4, 0.5) is 0 Å². The van der Waals surface area contributed by atoms with Crippen LogP contribution in [0.15, 0.2) is 29.2 Å². The molecule has 0 spiro atoms. The van der Waals surface area contributed by atoms with Crippen LogP contribution in [0.3, 0.4) is 0 Å². The topological polar surface area (TPSA) is 37.3 Å². The zero-order valence-electron chi connectivity index (χ0n) is 12.1. The number of hydrogen-bond donors (Lipinski definition) is 1. The summed E-state index contributed by atoms with van der Waals surface area (Å²) in [5, 5.41) is 3.64. The van der Waals surface area contributed by atoms with E-state index >= 15 is 0 Å². The van der Waals surface area contributed by atoms with Gasteiger partial charge in [-0.05, 0) is 38.9 Å². The lowest BCUT2D eigenvalue weighted by Gasteiger charge is -2.32. The molecule has 2 heterocycles. The van der Waals surface area contributed by atoms with Gasteiger partial charge in [-0.3, -0.25) is 9.69 Å². The third-order valence-electron chi connectivity index (χ3n) is 4.11. The highest BCUT2D eigenvalue weighted by Gasteiger charge is 2.26. The Balaban J connectivity index is 1.95. The van der Waals surface area contributed by atoms with Crippen LogP contribution in [0.25, 0.3) is 0 Å². The largest absolute Gasteiger partial charge is 0.314 e. The van der Waals surface area contributed by atoms with Gasteiger partial charge in [-0.2, -0.15) is 0 Å². The molecule has 1 aromatic heterocycles. The molecule has 1 unspecified atom stereocenters. The predicted octanol–water partition coefficient (Wildman–Crippen LogP) is 1.31. The van der Waals surface area contributed by atoms with Gasteiger partial charge in [0.15, 0.2) is 0 Å². The summed E-state index contributed by atoms with van der Waals surface area (Å²) in [4.78, 5) is 14.2. The molecule has 1 aliphatic rings. The summed E-state index contributed by atoms with van der Waals surface area (Å²) in [6.45, 7) is 9.51. The Kier molecular flexibility index (Phi) is 4.77. The van der Waals surface area contributed by atoms with Crippen LogP contribution >= 0.6 is 0 Å². The number of hydrogen-bond acceptors (Lipinski definition) is 3. The maximum absolute atomic E-state index is 11.7. The molecular weight excluding hydrogens is 238 g/mol. The van der Waals surface area contributed by atoms with Gasteiger partial charge in [0, 0.05) is 37.4 Å². The Morgan fingerprint density at radius 1 is 1.37 bits per heavy atom. The minimum absolute atomic E-state index is 0.0914. The van der Waals surface area contributed by atoms with Crippen LogP contribution in [0, 0.1) is 0 Å². The second-order valence-electron chi connectivity index (χ2n) is 5.70. The molecule has 1 fully saturated rings. The standard InChI is InChI=1S/C15H25N3O/c1-3-15(2)13-17(9-6-8-16-15)11-12-18-10-5-4-7-14(18)19/h4-5,7,10,16H,3,6,8-9,11-13H2,1-2H3. The van der Waals surface area contributed by atoms with Gasteiger partial charge in [0.2, 0.25) is 0 Å². The molecule has 1 aliphatic heterocycles. The quantitative estimate of drug-likeness (QED) is 0.890. The zero-order chi connectivity index (χ0) is 13.7. The molecule has 2 rings (SSSR count). The van der Waals surface area contributed by atoms with Crippen LogP contribution in [0.5, 0.6) is 0 Å². The van der Waals surface area contributed by atoms with E-state index in [1.807, 2.05) is 12.3 Å². The van der Waals surface area contributed by atoms with Crippen molar-refractivity contribution in [1.82, 2.24) is 14.8 Å². The van der Waals surface area contributed by atoms with Crippen molar-refractivity contribution in [2.24, 2.45) is 0 Å². The lowest BCUT2D eigenvalue weighted by Crippen LogP contribution is -2.49. The van der Waals surface area contributed by atoms with E-state index in [-0.39, 0.29) is 11.1 Å². The Hall–Kier alpha value is -1.13. The first-order valence-electron chi connectivity index (χ1n) is 7.26. The van der Waals surface area contributed by atoms with Gasteiger partial charge in [-0.15, -0.1) is 0 Å². The van der Waals surface area contributed by atoms with Crippen LogP contribution in [0.2, 0.25) is 0 Å². The predicted molar refractivity (Wildman–Crippen MR) is 78.5 cm³/mol. The van der Waals surface area contributed by atoms with E-state index in [4.69, 9.17) is 0 Å². The second kappa shape index (κ2) is 6.35. The summed E-state index contributed by atoms with van der Waals surface area (Å²) in [5.41, 5.74) is 0.298. The summed E-state index contributed by atoms with van der Waals surface area (Å²) in [6, 6.07) is 5.34. The SMILES string of the molecule is CCC1(C)CN(CCn2ccccc2=O)CCCN1. The Bertz CT molecular complexity index is 457. The van der Waals surface area contributed by atoms with E-state index in [0.29, 0.717) is 0 Å². The van der Waals surface area contributed by atoms with Gasteiger partial charge in [0.25, 0.3) is 5.56 Å². The minimum atomic E-state index is 0.0914. The van der Waals surface area contributed by atoms with E-state index < -0.39 is 0 Å². The normalized spacial score (nSPS) is 25.2. The van der Waals surface area contributed by atoms with Gasteiger partial charge in [-0.25, -0.2) is 0 Å². The van der Waals surface area contributed by atoms with Gasteiger partial charge in [0.1, 0.15) is 0 Å². The van der Waals surface area contributed by atoms with Crippen LogP contribution < -0.4 is 10.9 Å². The summed E-state index contributed by atoms with van der Waals surface area (Å²) in [6.07, 6.45) is 4.19. The van der Waals surface area contributed by atoms with Crippen molar-refractivity contribution in [2.75, 3.05) is 26.2 Å². The molecule has 4 nitrogen and oxygen atoms in total. The van der Waals surface area contributed by atoms with E-state index in [1.54, 1.807) is 16.7 Å². The highest BCUT2D eigenvalue weighted by molar-refractivity contribution is 4.93. The summed E-state index contributed by atoms with van der Waals surface area (Å²) >= 11 is 0. The van der Waals surface area contributed by atoms with Gasteiger partial charge in [0.05, 0.1) is 0 Å². The molecule has 1 atom stereocenters. The molecule has 4 heteroatoms. The average Bonchev–Trinajstić information content (AvgIpc) is 2.60. The van der Waals surface area contributed by atoms with Gasteiger partial charge in [-0.1, -0.05) is 13.0 Å². The highest BCUT2D eigenvalue weighted by atomic mass is 16.1. The molecule has 1 aromatic rings. The Morgan fingerprint density at radius 2 is 2.21 bits per heavy atom. The Morgan fingerprint density at radius 3 is 2.95 bits per heavy atom.